The number of carbonyl (C=O) groups is 1. The zero-order valence-electron chi connectivity index (χ0n) is 21.3. The Kier molecular flexibility index (Phi) is 7.29. The third-order valence-electron chi connectivity index (χ3n) is 8.16. The van der Waals surface area contributed by atoms with E-state index in [4.69, 9.17) is 4.98 Å². The lowest BCUT2D eigenvalue weighted by Crippen LogP contribution is -2.44. The van der Waals surface area contributed by atoms with Crippen molar-refractivity contribution >= 4 is 44.5 Å². The summed E-state index contributed by atoms with van der Waals surface area (Å²) in [7, 11) is 0. The van der Waals surface area contributed by atoms with E-state index in [0.717, 1.165) is 49.7 Å². The van der Waals surface area contributed by atoms with Crippen molar-refractivity contribution in [2.45, 2.75) is 58.0 Å². The Balaban J connectivity index is 1.07. The summed E-state index contributed by atoms with van der Waals surface area (Å²) in [5.74, 6) is 0.161. The first kappa shape index (κ1) is 24.3. The highest BCUT2D eigenvalue weighted by Gasteiger charge is 2.26. The van der Waals surface area contributed by atoms with Crippen LogP contribution in [0.15, 0.2) is 23.6 Å². The van der Waals surface area contributed by atoms with Gasteiger partial charge in [0.2, 0.25) is 5.91 Å². The Morgan fingerprint density at radius 1 is 1.14 bits per heavy atom. The highest BCUT2D eigenvalue weighted by molar-refractivity contribution is 7.18. The van der Waals surface area contributed by atoms with Gasteiger partial charge in [0.1, 0.15) is 0 Å². The zero-order chi connectivity index (χ0) is 24.5. The van der Waals surface area contributed by atoms with E-state index in [2.05, 4.69) is 38.7 Å². The molecule has 2 saturated heterocycles. The Bertz CT molecular complexity index is 1210. The number of fused-ring (bicyclic) bond motifs is 2. The van der Waals surface area contributed by atoms with Crippen LogP contribution in [0.3, 0.4) is 0 Å². The van der Waals surface area contributed by atoms with Crippen LogP contribution in [0.25, 0.3) is 20.8 Å². The van der Waals surface area contributed by atoms with Crippen molar-refractivity contribution in [1.29, 1.82) is 0 Å². The average Bonchev–Trinajstić information content (AvgIpc) is 3.66. The summed E-state index contributed by atoms with van der Waals surface area (Å²) in [4.78, 5) is 26.8. The summed E-state index contributed by atoms with van der Waals surface area (Å²) in [5.41, 5.74) is 4.60. The molecule has 0 unspecified atom stereocenters. The van der Waals surface area contributed by atoms with E-state index in [9.17, 15) is 4.79 Å². The highest BCUT2D eigenvalue weighted by Crippen LogP contribution is 2.38. The van der Waals surface area contributed by atoms with E-state index in [1.807, 2.05) is 16.2 Å². The Labute approximate surface area is 222 Å². The molecule has 3 aromatic rings. The number of nitrogens with one attached hydrogen (secondary N) is 1. The molecule has 1 amide bonds. The van der Waals surface area contributed by atoms with Crippen LogP contribution >= 0.6 is 22.7 Å². The van der Waals surface area contributed by atoms with Crippen molar-refractivity contribution in [2.75, 3.05) is 51.1 Å². The Hall–Kier alpha value is -2.00. The summed E-state index contributed by atoms with van der Waals surface area (Å²) < 4.78 is 1.24. The van der Waals surface area contributed by atoms with Gasteiger partial charge < -0.3 is 20.0 Å². The molecular formula is C28H37N5OS2. The summed E-state index contributed by atoms with van der Waals surface area (Å²) in [6.45, 7) is 10.5. The molecule has 0 radical (unpaired) electrons. The molecule has 0 aromatic carbocycles. The molecule has 0 atom stereocenters. The second-order valence-corrected chi connectivity index (χ2v) is 12.6. The van der Waals surface area contributed by atoms with Crippen LogP contribution in [-0.4, -0.2) is 77.4 Å². The topological polar surface area (TPSA) is 51.7 Å². The van der Waals surface area contributed by atoms with Crippen molar-refractivity contribution in [3.05, 3.63) is 34.0 Å². The SMILES string of the molecule is CC(=O)N1CCc2sc(-c3cc(NCCCN4CCC(N5CCCC5)CC4)c4sccc4n3)cc2C1. The average molecular weight is 524 g/mol. The molecule has 6 heterocycles. The molecule has 3 aliphatic heterocycles. The lowest BCUT2D eigenvalue weighted by Gasteiger charge is -2.36. The van der Waals surface area contributed by atoms with E-state index in [1.54, 1.807) is 18.3 Å². The highest BCUT2D eigenvalue weighted by atomic mass is 32.1. The van der Waals surface area contributed by atoms with Crippen LogP contribution < -0.4 is 5.32 Å². The predicted molar refractivity (Wildman–Crippen MR) is 151 cm³/mol. The molecule has 6 nitrogen and oxygen atoms in total. The van der Waals surface area contributed by atoms with Gasteiger partial charge in [-0.05, 0) is 100 Å². The van der Waals surface area contributed by atoms with E-state index in [0.29, 0.717) is 0 Å². The second kappa shape index (κ2) is 10.8. The van der Waals surface area contributed by atoms with Gasteiger partial charge in [0, 0.05) is 37.5 Å². The zero-order valence-corrected chi connectivity index (χ0v) is 22.9. The summed E-state index contributed by atoms with van der Waals surface area (Å²) in [6.07, 6.45) is 7.58. The number of nitrogens with zero attached hydrogens (tertiary/aromatic N) is 4. The first-order chi connectivity index (χ1) is 17.6. The van der Waals surface area contributed by atoms with E-state index in [-0.39, 0.29) is 5.91 Å². The molecule has 3 aliphatic rings. The van der Waals surface area contributed by atoms with Gasteiger partial charge in [0.05, 0.1) is 26.5 Å². The molecule has 8 heteroatoms. The van der Waals surface area contributed by atoms with Crippen molar-refractivity contribution < 1.29 is 4.79 Å². The predicted octanol–water partition coefficient (Wildman–Crippen LogP) is 5.29. The number of amides is 1. The number of rotatable bonds is 7. The third-order valence-corrected chi connectivity index (χ3v) is 10.4. The van der Waals surface area contributed by atoms with Gasteiger partial charge >= 0.3 is 0 Å². The second-order valence-electron chi connectivity index (χ2n) is 10.5. The van der Waals surface area contributed by atoms with Crippen molar-refractivity contribution in [3.63, 3.8) is 0 Å². The van der Waals surface area contributed by atoms with Crippen LogP contribution in [0.2, 0.25) is 0 Å². The van der Waals surface area contributed by atoms with E-state index >= 15 is 0 Å². The van der Waals surface area contributed by atoms with Crippen molar-refractivity contribution in [3.8, 4) is 10.6 Å². The molecule has 192 valence electrons. The van der Waals surface area contributed by atoms with Crippen molar-refractivity contribution in [1.82, 2.24) is 19.7 Å². The van der Waals surface area contributed by atoms with Crippen LogP contribution in [-0.2, 0) is 17.8 Å². The number of likely N-dealkylation sites (tertiary alicyclic amines) is 2. The Morgan fingerprint density at radius 3 is 2.78 bits per heavy atom. The normalized spacial score (nSPS) is 19.8. The third kappa shape index (κ3) is 5.19. The van der Waals surface area contributed by atoms with E-state index in [1.165, 1.54) is 84.1 Å². The minimum Gasteiger partial charge on any atom is -0.384 e. The molecule has 0 bridgehead atoms. The number of aromatic nitrogens is 1. The van der Waals surface area contributed by atoms with Gasteiger partial charge in [-0.3, -0.25) is 4.79 Å². The summed E-state index contributed by atoms with van der Waals surface area (Å²) >= 11 is 3.61. The molecule has 0 saturated carbocycles. The molecule has 3 aromatic heterocycles. The molecule has 0 aliphatic carbocycles. The fourth-order valence-corrected chi connectivity index (χ4v) is 8.03. The molecule has 6 rings (SSSR count). The van der Waals surface area contributed by atoms with Gasteiger partial charge in [0.15, 0.2) is 0 Å². The van der Waals surface area contributed by atoms with Gasteiger partial charge in [-0.2, -0.15) is 0 Å². The Morgan fingerprint density at radius 2 is 1.97 bits per heavy atom. The van der Waals surface area contributed by atoms with Crippen LogP contribution in [0.4, 0.5) is 5.69 Å². The lowest BCUT2D eigenvalue weighted by molar-refractivity contribution is -0.129. The number of anilines is 1. The summed E-state index contributed by atoms with van der Waals surface area (Å²) in [6, 6.07) is 7.45. The monoisotopic (exact) mass is 523 g/mol. The maximum atomic E-state index is 11.8. The minimum absolute atomic E-state index is 0.161. The van der Waals surface area contributed by atoms with Gasteiger partial charge in [-0.25, -0.2) is 4.98 Å². The fraction of sp³-hybridized carbons (Fsp3) is 0.571. The van der Waals surface area contributed by atoms with Gasteiger partial charge in [-0.1, -0.05) is 0 Å². The van der Waals surface area contributed by atoms with E-state index < -0.39 is 0 Å². The molecule has 0 spiro atoms. The number of thiophene rings is 2. The van der Waals surface area contributed by atoms with Crippen LogP contribution in [0.1, 0.15) is 49.5 Å². The number of hydrogen-bond donors (Lipinski definition) is 1. The smallest absolute Gasteiger partial charge is 0.219 e. The van der Waals surface area contributed by atoms with Crippen molar-refractivity contribution in [2.24, 2.45) is 0 Å². The van der Waals surface area contributed by atoms with Crippen LogP contribution in [0.5, 0.6) is 0 Å². The van der Waals surface area contributed by atoms with Gasteiger partial charge in [0.25, 0.3) is 0 Å². The molecule has 2 fully saturated rings. The van der Waals surface area contributed by atoms with Crippen LogP contribution in [0, 0.1) is 0 Å². The number of piperidine rings is 1. The number of hydrogen-bond acceptors (Lipinski definition) is 7. The molecule has 1 N–H and O–H groups in total. The first-order valence-electron chi connectivity index (χ1n) is 13.6. The van der Waals surface area contributed by atoms with Gasteiger partial charge in [-0.15, -0.1) is 22.7 Å². The fourth-order valence-electron chi connectivity index (χ4n) is 6.08. The maximum Gasteiger partial charge on any atom is 0.219 e. The number of carbonyl (C=O) groups excluding carboxylic acids is 1. The number of pyridine rings is 1. The standard InChI is InChI=1S/C28H37N5OS2/c1-20(34)33-15-7-26-21(19-33)17-27(36-26)24-18-25(28-23(30-24)8-16-35-28)29-9-4-10-31-13-5-22(6-14-31)32-11-2-3-12-32/h8,16-18,22H,2-7,9-15,19H2,1H3,(H,29,30). The quantitative estimate of drug-likeness (QED) is 0.427. The first-order valence-corrected chi connectivity index (χ1v) is 15.3. The molecule has 36 heavy (non-hydrogen) atoms. The lowest BCUT2D eigenvalue weighted by atomic mass is 10.0. The minimum atomic E-state index is 0.161. The summed E-state index contributed by atoms with van der Waals surface area (Å²) in [5, 5.41) is 5.89. The molecular weight excluding hydrogens is 486 g/mol. The maximum absolute atomic E-state index is 11.8. The largest absolute Gasteiger partial charge is 0.384 e.